The van der Waals surface area contributed by atoms with Gasteiger partial charge in [-0.3, -0.25) is 4.98 Å². The number of hydrogen-bond donors (Lipinski definition) is 2. The monoisotopic (exact) mass is 327 g/mol. The van der Waals surface area contributed by atoms with Crippen molar-refractivity contribution in [3.05, 3.63) is 36.4 Å². The third-order valence-electron chi connectivity index (χ3n) is 4.62. The van der Waals surface area contributed by atoms with E-state index in [0.717, 1.165) is 37.3 Å². The Morgan fingerprint density at radius 3 is 2.83 bits per heavy atom. The minimum atomic E-state index is 0.463. The van der Waals surface area contributed by atoms with Crippen LogP contribution in [0.4, 0.5) is 17.3 Å². The first-order valence-corrected chi connectivity index (χ1v) is 8.29. The summed E-state index contributed by atoms with van der Waals surface area (Å²) in [5, 5.41) is 3.28. The number of aromatic nitrogens is 3. The van der Waals surface area contributed by atoms with Crippen molar-refractivity contribution in [1.82, 2.24) is 19.9 Å². The van der Waals surface area contributed by atoms with Crippen LogP contribution in [0.25, 0.3) is 0 Å². The Balaban J connectivity index is 1.70. The van der Waals surface area contributed by atoms with Crippen molar-refractivity contribution in [2.24, 2.45) is 0 Å². The molecule has 0 amide bonds. The van der Waals surface area contributed by atoms with Gasteiger partial charge in [0.05, 0.1) is 0 Å². The summed E-state index contributed by atoms with van der Waals surface area (Å²) >= 11 is 0. The second-order valence-electron chi connectivity index (χ2n) is 6.32. The molecule has 1 saturated heterocycles. The highest BCUT2D eigenvalue weighted by Crippen LogP contribution is 2.29. The van der Waals surface area contributed by atoms with Gasteiger partial charge in [0, 0.05) is 32.0 Å². The molecule has 1 fully saturated rings. The van der Waals surface area contributed by atoms with Crippen molar-refractivity contribution in [3.63, 3.8) is 0 Å². The van der Waals surface area contributed by atoms with Crippen LogP contribution in [0.5, 0.6) is 0 Å². The normalized spacial score (nSPS) is 16.1. The van der Waals surface area contributed by atoms with E-state index in [9.17, 15) is 0 Å². The Hall–Kier alpha value is -2.41. The summed E-state index contributed by atoms with van der Waals surface area (Å²) in [4.78, 5) is 17.4. The molecule has 0 radical (unpaired) electrons. The molecule has 0 aromatic carbocycles. The van der Waals surface area contributed by atoms with Gasteiger partial charge in [-0.2, -0.15) is 0 Å². The molecule has 2 aromatic heterocycles. The van der Waals surface area contributed by atoms with Crippen molar-refractivity contribution >= 4 is 17.3 Å². The van der Waals surface area contributed by atoms with Crippen molar-refractivity contribution in [1.29, 1.82) is 0 Å². The molecule has 7 nitrogen and oxygen atoms in total. The van der Waals surface area contributed by atoms with E-state index >= 15 is 0 Å². The molecule has 7 heteroatoms. The standard InChI is InChI=1S/C17H25N7/c1-23-8-5-14(6-9-23)24(2)17-15(18)16(21-12-22-17)20-11-13-4-3-7-19-10-13/h3-4,7,10,12,14H,5-6,8-9,11,18H2,1-2H3,(H,20,21,22). The zero-order valence-corrected chi connectivity index (χ0v) is 14.3. The summed E-state index contributed by atoms with van der Waals surface area (Å²) in [6.45, 7) is 2.84. The zero-order chi connectivity index (χ0) is 16.9. The summed E-state index contributed by atoms with van der Waals surface area (Å²) in [6, 6.07) is 4.40. The SMILES string of the molecule is CN1CCC(N(C)c2ncnc(NCc3cccnc3)c2N)CC1. The van der Waals surface area contributed by atoms with E-state index in [2.05, 4.69) is 44.2 Å². The molecule has 2 aromatic rings. The summed E-state index contributed by atoms with van der Waals surface area (Å²) < 4.78 is 0. The molecular formula is C17H25N7. The molecular weight excluding hydrogens is 302 g/mol. The second-order valence-corrected chi connectivity index (χ2v) is 6.32. The number of nitrogens with zero attached hydrogens (tertiary/aromatic N) is 5. The average Bonchev–Trinajstić information content (AvgIpc) is 2.62. The van der Waals surface area contributed by atoms with Crippen LogP contribution in [0.1, 0.15) is 18.4 Å². The van der Waals surface area contributed by atoms with Crippen LogP contribution >= 0.6 is 0 Å². The fourth-order valence-corrected chi connectivity index (χ4v) is 3.05. The smallest absolute Gasteiger partial charge is 0.157 e. The molecule has 1 aliphatic heterocycles. The molecule has 0 spiro atoms. The van der Waals surface area contributed by atoms with Crippen molar-refractivity contribution in [2.45, 2.75) is 25.4 Å². The number of pyridine rings is 1. The van der Waals surface area contributed by atoms with Gasteiger partial charge in [-0.05, 0) is 44.6 Å². The third kappa shape index (κ3) is 3.73. The van der Waals surface area contributed by atoms with E-state index in [1.54, 1.807) is 12.5 Å². The largest absolute Gasteiger partial charge is 0.393 e. The van der Waals surface area contributed by atoms with Crippen LogP contribution in [0.3, 0.4) is 0 Å². The maximum absolute atomic E-state index is 6.33. The molecule has 0 unspecified atom stereocenters. The van der Waals surface area contributed by atoms with Gasteiger partial charge < -0.3 is 20.9 Å². The van der Waals surface area contributed by atoms with Gasteiger partial charge in [0.25, 0.3) is 0 Å². The summed E-state index contributed by atoms with van der Waals surface area (Å²) in [5.41, 5.74) is 8.01. The minimum Gasteiger partial charge on any atom is -0.393 e. The number of anilines is 3. The van der Waals surface area contributed by atoms with Crippen molar-refractivity contribution in [2.75, 3.05) is 43.1 Å². The van der Waals surface area contributed by atoms with Gasteiger partial charge in [-0.1, -0.05) is 6.07 Å². The quantitative estimate of drug-likeness (QED) is 0.863. The number of nitrogen functional groups attached to an aromatic ring is 1. The predicted octanol–water partition coefficient (Wildman–Crippen LogP) is 1.60. The van der Waals surface area contributed by atoms with Crippen LogP contribution in [0, 0.1) is 0 Å². The minimum absolute atomic E-state index is 0.463. The van der Waals surface area contributed by atoms with Crippen molar-refractivity contribution < 1.29 is 0 Å². The Morgan fingerprint density at radius 1 is 1.33 bits per heavy atom. The van der Waals surface area contributed by atoms with E-state index in [1.807, 2.05) is 18.3 Å². The first kappa shape index (κ1) is 16.4. The molecule has 3 heterocycles. The Bertz CT molecular complexity index is 653. The first-order valence-electron chi connectivity index (χ1n) is 8.29. The van der Waals surface area contributed by atoms with Crippen molar-refractivity contribution in [3.8, 4) is 0 Å². The van der Waals surface area contributed by atoms with Crippen LogP contribution in [-0.4, -0.2) is 53.1 Å². The molecule has 0 aliphatic carbocycles. The highest BCUT2D eigenvalue weighted by Gasteiger charge is 2.23. The van der Waals surface area contributed by atoms with Crippen LogP contribution < -0.4 is 16.0 Å². The number of nitrogens with two attached hydrogens (primary N) is 1. The van der Waals surface area contributed by atoms with E-state index in [0.29, 0.717) is 24.1 Å². The highest BCUT2D eigenvalue weighted by molar-refractivity contribution is 5.74. The summed E-state index contributed by atoms with van der Waals surface area (Å²) in [5.74, 6) is 1.47. The Labute approximate surface area is 142 Å². The number of hydrogen-bond acceptors (Lipinski definition) is 7. The van der Waals surface area contributed by atoms with E-state index in [1.165, 1.54) is 0 Å². The maximum Gasteiger partial charge on any atom is 0.157 e. The molecule has 0 atom stereocenters. The van der Waals surface area contributed by atoms with Gasteiger partial charge in [-0.15, -0.1) is 0 Å². The lowest BCUT2D eigenvalue weighted by atomic mass is 10.0. The third-order valence-corrected chi connectivity index (χ3v) is 4.62. The first-order chi connectivity index (χ1) is 11.6. The average molecular weight is 327 g/mol. The number of piperidine rings is 1. The fraction of sp³-hybridized carbons (Fsp3) is 0.471. The molecule has 3 rings (SSSR count). The van der Waals surface area contributed by atoms with Crippen LogP contribution in [0.15, 0.2) is 30.9 Å². The topological polar surface area (TPSA) is 83.2 Å². The Kier molecular flexibility index (Phi) is 5.10. The lowest BCUT2D eigenvalue weighted by molar-refractivity contribution is 0.252. The zero-order valence-electron chi connectivity index (χ0n) is 14.3. The van der Waals surface area contributed by atoms with E-state index < -0.39 is 0 Å². The number of likely N-dealkylation sites (tertiary alicyclic amines) is 1. The maximum atomic E-state index is 6.33. The number of rotatable bonds is 5. The molecule has 128 valence electrons. The predicted molar refractivity (Wildman–Crippen MR) is 96.9 cm³/mol. The van der Waals surface area contributed by atoms with Gasteiger partial charge in [0.15, 0.2) is 11.6 Å². The Morgan fingerprint density at radius 2 is 2.12 bits per heavy atom. The molecule has 24 heavy (non-hydrogen) atoms. The molecule has 0 saturated carbocycles. The van der Waals surface area contributed by atoms with E-state index in [4.69, 9.17) is 5.73 Å². The number of nitrogens with one attached hydrogen (secondary N) is 1. The van der Waals surface area contributed by atoms with Crippen LogP contribution in [-0.2, 0) is 6.54 Å². The van der Waals surface area contributed by atoms with Crippen LogP contribution in [0.2, 0.25) is 0 Å². The van der Waals surface area contributed by atoms with Gasteiger partial charge in [0.2, 0.25) is 0 Å². The molecule has 1 aliphatic rings. The highest BCUT2D eigenvalue weighted by atomic mass is 15.2. The van der Waals surface area contributed by atoms with Gasteiger partial charge in [0.1, 0.15) is 12.0 Å². The summed E-state index contributed by atoms with van der Waals surface area (Å²) in [7, 11) is 4.23. The summed E-state index contributed by atoms with van der Waals surface area (Å²) in [6.07, 6.45) is 7.40. The van der Waals surface area contributed by atoms with E-state index in [-0.39, 0.29) is 0 Å². The lowest BCUT2D eigenvalue weighted by Crippen LogP contribution is -2.42. The second kappa shape index (κ2) is 7.44. The fourth-order valence-electron chi connectivity index (χ4n) is 3.05. The molecule has 3 N–H and O–H groups in total. The lowest BCUT2D eigenvalue weighted by Gasteiger charge is -2.36. The van der Waals surface area contributed by atoms with Gasteiger partial charge in [-0.25, -0.2) is 9.97 Å². The van der Waals surface area contributed by atoms with Gasteiger partial charge >= 0.3 is 0 Å². The molecule has 0 bridgehead atoms.